The zero-order valence-electron chi connectivity index (χ0n) is 18.6. The largest absolute Gasteiger partial charge is 0.373 e. The maximum Gasteiger partial charge on any atom is 0.373 e. The van der Waals surface area contributed by atoms with Gasteiger partial charge in [0, 0.05) is 5.92 Å². The van der Waals surface area contributed by atoms with Gasteiger partial charge in [0.05, 0.1) is 5.56 Å². The standard InChI is InChI=1S/C23H38O5/c1-8-11-15-18(9-2)21(27-28-23(6,7)22(4,5)10-3)26-25-20(24)19-16-13-12-14-17-19/h12-14,16-18,21H,8-11,15H2,1-7H3. The lowest BCUT2D eigenvalue weighted by Crippen LogP contribution is -2.43. The average Bonchev–Trinajstić information content (AvgIpc) is 2.69. The van der Waals surface area contributed by atoms with E-state index >= 15 is 0 Å². The molecule has 0 saturated heterocycles. The summed E-state index contributed by atoms with van der Waals surface area (Å²) in [6.07, 6.45) is 4.00. The van der Waals surface area contributed by atoms with E-state index in [1.807, 2.05) is 19.9 Å². The molecule has 0 aliphatic carbocycles. The van der Waals surface area contributed by atoms with E-state index < -0.39 is 17.9 Å². The number of hydrogen-bond donors (Lipinski definition) is 0. The van der Waals surface area contributed by atoms with Crippen molar-refractivity contribution < 1.29 is 24.3 Å². The summed E-state index contributed by atoms with van der Waals surface area (Å²) in [5.74, 6) is -0.489. The van der Waals surface area contributed by atoms with Crippen LogP contribution in [0.3, 0.4) is 0 Å². The van der Waals surface area contributed by atoms with Crippen molar-refractivity contribution in [3.8, 4) is 0 Å². The summed E-state index contributed by atoms with van der Waals surface area (Å²) in [5, 5.41) is 0. The topological polar surface area (TPSA) is 54.0 Å². The molecule has 0 spiro atoms. The molecular formula is C23H38O5. The van der Waals surface area contributed by atoms with Crippen LogP contribution < -0.4 is 0 Å². The fraction of sp³-hybridized carbons (Fsp3) is 0.696. The summed E-state index contributed by atoms with van der Waals surface area (Å²) >= 11 is 0. The zero-order chi connectivity index (χ0) is 21.2. The van der Waals surface area contributed by atoms with Gasteiger partial charge in [0.15, 0.2) is 0 Å². The lowest BCUT2D eigenvalue weighted by atomic mass is 9.75. The Labute approximate surface area is 170 Å². The molecule has 2 atom stereocenters. The molecule has 5 heteroatoms. The smallest absolute Gasteiger partial charge is 0.290 e. The Morgan fingerprint density at radius 3 is 2.18 bits per heavy atom. The van der Waals surface area contributed by atoms with Gasteiger partial charge in [0.25, 0.3) is 0 Å². The zero-order valence-corrected chi connectivity index (χ0v) is 18.6. The van der Waals surface area contributed by atoms with Gasteiger partial charge in [-0.05, 0) is 50.7 Å². The molecule has 0 saturated carbocycles. The van der Waals surface area contributed by atoms with Gasteiger partial charge in [-0.15, -0.1) is 4.89 Å². The normalized spacial score (nSPS) is 14.5. The second kappa shape index (κ2) is 11.5. The van der Waals surface area contributed by atoms with E-state index in [0.29, 0.717) is 5.56 Å². The maximum atomic E-state index is 12.2. The van der Waals surface area contributed by atoms with Gasteiger partial charge >= 0.3 is 5.97 Å². The van der Waals surface area contributed by atoms with Gasteiger partial charge in [0.2, 0.25) is 6.29 Å². The summed E-state index contributed by atoms with van der Waals surface area (Å²) in [4.78, 5) is 34.3. The molecule has 5 nitrogen and oxygen atoms in total. The fourth-order valence-corrected chi connectivity index (χ4v) is 2.59. The highest BCUT2D eigenvalue weighted by Gasteiger charge is 2.39. The first-order chi connectivity index (χ1) is 13.2. The van der Waals surface area contributed by atoms with Crippen LogP contribution in [0.15, 0.2) is 30.3 Å². The monoisotopic (exact) mass is 394 g/mol. The van der Waals surface area contributed by atoms with Gasteiger partial charge in [0.1, 0.15) is 5.60 Å². The van der Waals surface area contributed by atoms with Crippen LogP contribution in [-0.4, -0.2) is 17.9 Å². The van der Waals surface area contributed by atoms with Crippen molar-refractivity contribution in [2.75, 3.05) is 0 Å². The van der Waals surface area contributed by atoms with Gasteiger partial charge in [-0.3, -0.25) is 4.89 Å². The van der Waals surface area contributed by atoms with Crippen LogP contribution in [0.25, 0.3) is 0 Å². The van der Waals surface area contributed by atoms with Crippen molar-refractivity contribution in [3.05, 3.63) is 35.9 Å². The van der Waals surface area contributed by atoms with Crippen molar-refractivity contribution in [2.24, 2.45) is 11.3 Å². The van der Waals surface area contributed by atoms with E-state index in [-0.39, 0.29) is 11.3 Å². The first-order valence-corrected chi connectivity index (χ1v) is 10.5. The predicted octanol–water partition coefficient (Wildman–Crippen LogP) is 6.48. The van der Waals surface area contributed by atoms with Crippen molar-refractivity contribution >= 4 is 5.97 Å². The van der Waals surface area contributed by atoms with Crippen LogP contribution in [-0.2, 0) is 19.6 Å². The highest BCUT2D eigenvalue weighted by molar-refractivity contribution is 5.88. The van der Waals surface area contributed by atoms with Crippen LogP contribution >= 0.6 is 0 Å². The molecule has 0 fully saturated rings. The Kier molecular flexibility index (Phi) is 10.1. The Morgan fingerprint density at radius 2 is 1.64 bits per heavy atom. The molecule has 1 aromatic carbocycles. The maximum absolute atomic E-state index is 12.2. The molecule has 0 heterocycles. The van der Waals surface area contributed by atoms with Gasteiger partial charge in [-0.2, -0.15) is 4.89 Å². The van der Waals surface area contributed by atoms with Crippen LogP contribution in [0.2, 0.25) is 0 Å². The summed E-state index contributed by atoms with van der Waals surface area (Å²) in [5.41, 5.74) is -0.199. The quantitative estimate of drug-likeness (QED) is 0.218. The first kappa shape index (κ1) is 24.6. The number of rotatable bonds is 13. The molecule has 0 amide bonds. The third-order valence-corrected chi connectivity index (χ3v) is 5.93. The fourth-order valence-electron chi connectivity index (χ4n) is 2.59. The van der Waals surface area contributed by atoms with Gasteiger partial charge < -0.3 is 0 Å². The average molecular weight is 395 g/mol. The van der Waals surface area contributed by atoms with E-state index in [1.54, 1.807) is 24.3 Å². The van der Waals surface area contributed by atoms with Gasteiger partial charge in [-0.1, -0.05) is 65.7 Å². The van der Waals surface area contributed by atoms with Crippen LogP contribution in [0.5, 0.6) is 0 Å². The van der Waals surface area contributed by atoms with Crippen LogP contribution in [0.4, 0.5) is 0 Å². The van der Waals surface area contributed by atoms with Crippen molar-refractivity contribution in [1.82, 2.24) is 0 Å². The lowest BCUT2D eigenvalue weighted by molar-refractivity contribution is -0.486. The van der Waals surface area contributed by atoms with E-state index in [1.165, 1.54) is 0 Å². The number of carbonyl (C=O) groups excluding carboxylic acids is 1. The molecule has 28 heavy (non-hydrogen) atoms. The molecule has 160 valence electrons. The van der Waals surface area contributed by atoms with E-state index in [0.717, 1.165) is 32.1 Å². The Morgan fingerprint density at radius 1 is 1.00 bits per heavy atom. The lowest BCUT2D eigenvalue weighted by Gasteiger charge is -2.40. The minimum atomic E-state index is -0.781. The van der Waals surface area contributed by atoms with E-state index in [9.17, 15) is 4.79 Å². The third-order valence-electron chi connectivity index (χ3n) is 5.93. The van der Waals surface area contributed by atoms with Crippen molar-refractivity contribution in [2.45, 2.75) is 92.5 Å². The van der Waals surface area contributed by atoms with Crippen LogP contribution in [0.1, 0.15) is 90.9 Å². The molecule has 2 unspecified atom stereocenters. The molecule has 1 rings (SSSR count). The van der Waals surface area contributed by atoms with E-state index in [4.69, 9.17) is 19.6 Å². The van der Waals surface area contributed by atoms with Gasteiger partial charge in [-0.25, -0.2) is 9.68 Å². The summed E-state index contributed by atoms with van der Waals surface area (Å²) in [7, 11) is 0. The predicted molar refractivity (Wildman–Crippen MR) is 110 cm³/mol. The van der Waals surface area contributed by atoms with Crippen LogP contribution in [0, 0.1) is 11.3 Å². The number of unbranched alkanes of at least 4 members (excludes halogenated alkanes) is 1. The third kappa shape index (κ3) is 7.19. The second-order valence-corrected chi connectivity index (χ2v) is 8.44. The molecule has 0 bridgehead atoms. The van der Waals surface area contributed by atoms with Crippen molar-refractivity contribution in [1.29, 1.82) is 0 Å². The number of hydrogen-bond acceptors (Lipinski definition) is 5. The minimum Gasteiger partial charge on any atom is -0.290 e. The first-order valence-electron chi connectivity index (χ1n) is 10.5. The molecule has 0 radical (unpaired) electrons. The summed E-state index contributed by atoms with van der Waals surface area (Å²) in [6, 6.07) is 8.75. The number of carbonyl (C=O) groups is 1. The Hall–Kier alpha value is -1.43. The molecular weight excluding hydrogens is 356 g/mol. The van der Waals surface area contributed by atoms with Crippen molar-refractivity contribution in [3.63, 3.8) is 0 Å². The highest BCUT2D eigenvalue weighted by atomic mass is 17.3. The minimum absolute atomic E-state index is 0.0593. The molecule has 0 aliphatic heterocycles. The molecule has 0 aromatic heterocycles. The second-order valence-electron chi connectivity index (χ2n) is 8.44. The SMILES string of the molecule is CCCCC(CC)C(OOC(=O)c1ccccc1)OOC(C)(C)C(C)(C)CC. The Bertz CT molecular complexity index is 568. The summed E-state index contributed by atoms with van der Waals surface area (Å²) in [6.45, 7) is 14.6. The molecule has 0 N–H and O–H groups in total. The molecule has 1 aromatic rings. The highest BCUT2D eigenvalue weighted by Crippen LogP contribution is 2.37. The van der Waals surface area contributed by atoms with E-state index in [2.05, 4.69) is 34.6 Å². The Balaban J connectivity index is 2.82. The number of benzene rings is 1. The molecule has 0 aliphatic rings. The summed E-state index contributed by atoms with van der Waals surface area (Å²) < 4.78 is 0.